The molecule has 11 heteroatoms. The molecule has 0 unspecified atom stereocenters. The van der Waals surface area contributed by atoms with Crippen molar-refractivity contribution in [1.29, 1.82) is 0 Å². The van der Waals surface area contributed by atoms with Crippen LogP contribution in [0.15, 0.2) is 92.0 Å². The lowest BCUT2D eigenvalue weighted by molar-refractivity contribution is -0.145. The van der Waals surface area contributed by atoms with E-state index < -0.39 is 23.9 Å². The van der Waals surface area contributed by atoms with Crippen molar-refractivity contribution in [3.05, 3.63) is 103 Å². The van der Waals surface area contributed by atoms with Crippen LogP contribution in [0.3, 0.4) is 0 Å². The van der Waals surface area contributed by atoms with Gasteiger partial charge in [-0.2, -0.15) is 0 Å². The van der Waals surface area contributed by atoms with Crippen molar-refractivity contribution < 1.29 is 52.3 Å². The van der Waals surface area contributed by atoms with Crippen molar-refractivity contribution in [1.82, 2.24) is 0 Å². The van der Waals surface area contributed by atoms with E-state index in [0.29, 0.717) is 11.5 Å². The van der Waals surface area contributed by atoms with E-state index in [1.807, 2.05) is 0 Å². The SMILES string of the molecule is C=CC(=O)OCOc1ccc(C(=O)Oc2ccc(OC(=O)c3ccc(OCOC(=O)C=C)cc3)c(OC)c2)cc1. The van der Waals surface area contributed by atoms with Crippen LogP contribution in [0.1, 0.15) is 20.7 Å². The van der Waals surface area contributed by atoms with Crippen LogP contribution in [0.4, 0.5) is 0 Å². The number of carbonyl (C=O) groups excluding carboxylic acids is 4. The topological polar surface area (TPSA) is 133 Å². The van der Waals surface area contributed by atoms with Gasteiger partial charge in [-0.25, -0.2) is 19.2 Å². The Morgan fingerprint density at radius 3 is 1.52 bits per heavy atom. The van der Waals surface area contributed by atoms with Gasteiger partial charge in [0.1, 0.15) is 17.2 Å². The lowest BCUT2D eigenvalue weighted by Crippen LogP contribution is -2.11. The highest BCUT2D eigenvalue weighted by Crippen LogP contribution is 2.32. The summed E-state index contributed by atoms with van der Waals surface area (Å²) in [5.74, 6) is -1.43. The maximum absolute atomic E-state index is 12.6. The number of carbonyl (C=O) groups is 4. The molecule has 0 radical (unpaired) electrons. The molecule has 0 amide bonds. The summed E-state index contributed by atoms with van der Waals surface area (Å²) in [5.41, 5.74) is 0.454. The van der Waals surface area contributed by atoms with E-state index in [4.69, 9.17) is 33.2 Å². The molecule has 0 aliphatic carbocycles. The number of benzene rings is 3. The molecular weight excluding hydrogens is 524 g/mol. The molecule has 3 aromatic carbocycles. The standard InChI is InChI=1S/C29H24O11/c1-4-26(30)37-17-35-21-10-6-19(7-11-21)28(32)39-23-14-15-24(25(16-23)34-3)40-29(33)20-8-12-22(13-9-20)36-18-38-27(31)5-2/h4-16H,1-2,17-18H2,3H3. The van der Waals surface area contributed by atoms with Crippen molar-refractivity contribution in [2.24, 2.45) is 0 Å². The fraction of sp³-hybridized carbons (Fsp3) is 0.103. The van der Waals surface area contributed by atoms with Gasteiger partial charge in [0.25, 0.3) is 0 Å². The van der Waals surface area contributed by atoms with Crippen molar-refractivity contribution in [2.45, 2.75) is 0 Å². The first-order valence-electron chi connectivity index (χ1n) is 11.5. The summed E-state index contributed by atoms with van der Waals surface area (Å²) < 4.78 is 36.0. The van der Waals surface area contributed by atoms with Crippen molar-refractivity contribution in [3.8, 4) is 28.7 Å². The number of esters is 4. The molecule has 3 aromatic rings. The van der Waals surface area contributed by atoms with Gasteiger partial charge in [-0.05, 0) is 60.7 Å². The Labute approximate surface area is 229 Å². The number of ether oxygens (including phenoxy) is 7. The molecule has 0 aliphatic heterocycles. The summed E-state index contributed by atoms with van der Waals surface area (Å²) in [6, 6.07) is 16.2. The zero-order valence-electron chi connectivity index (χ0n) is 21.3. The summed E-state index contributed by atoms with van der Waals surface area (Å²) >= 11 is 0. The van der Waals surface area contributed by atoms with Gasteiger partial charge in [0.05, 0.1) is 18.2 Å². The largest absolute Gasteiger partial charge is 0.493 e. The van der Waals surface area contributed by atoms with Crippen LogP contribution in [0, 0.1) is 0 Å². The van der Waals surface area contributed by atoms with Gasteiger partial charge in [0.2, 0.25) is 13.6 Å². The van der Waals surface area contributed by atoms with E-state index in [1.165, 1.54) is 73.8 Å². The van der Waals surface area contributed by atoms with Crippen LogP contribution < -0.4 is 23.7 Å². The van der Waals surface area contributed by atoms with Gasteiger partial charge in [0, 0.05) is 18.2 Å². The van der Waals surface area contributed by atoms with Gasteiger partial charge >= 0.3 is 23.9 Å². The molecular formula is C29H24O11. The first kappa shape index (κ1) is 29.0. The van der Waals surface area contributed by atoms with Crippen molar-refractivity contribution >= 4 is 23.9 Å². The van der Waals surface area contributed by atoms with Gasteiger partial charge < -0.3 is 33.2 Å². The fourth-order valence-corrected chi connectivity index (χ4v) is 2.92. The highest BCUT2D eigenvalue weighted by molar-refractivity contribution is 5.92. The van der Waals surface area contributed by atoms with E-state index in [1.54, 1.807) is 0 Å². The monoisotopic (exact) mass is 548 g/mol. The molecule has 0 N–H and O–H groups in total. The van der Waals surface area contributed by atoms with Crippen molar-refractivity contribution in [3.63, 3.8) is 0 Å². The molecule has 0 aliphatic rings. The minimum Gasteiger partial charge on any atom is -0.493 e. The lowest BCUT2D eigenvalue weighted by atomic mass is 10.2. The average molecular weight is 549 g/mol. The maximum Gasteiger partial charge on any atom is 0.343 e. The minimum absolute atomic E-state index is 0.0996. The Bertz CT molecular complexity index is 1380. The molecule has 0 bridgehead atoms. The zero-order valence-corrected chi connectivity index (χ0v) is 21.3. The molecule has 206 valence electrons. The second-order valence-corrected chi connectivity index (χ2v) is 7.50. The zero-order chi connectivity index (χ0) is 28.9. The third kappa shape index (κ3) is 8.48. The smallest absolute Gasteiger partial charge is 0.343 e. The summed E-state index contributed by atoms with van der Waals surface area (Å²) in [6.45, 7) is 5.95. The van der Waals surface area contributed by atoms with E-state index in [-0.39, 0.29) is 42.0 Å². The second kappa shape index (κ2) is 14.4. The first-order valence-corrected chi connectivity index (χ1v) is 11.5. The maximum atomic E-state index is 12.6. The van der Waals surface area contributed by atoms with E-state index in [9.17, 15) is 19.2 Å². The Hall–Kier alpha value is -5.58. The Kier molecular flexibility index (Phi) is 10.4. The Balaban J connectivity index is 1.57. The van der Waals surface area contributed by atoms with Crippen LogP contribution in [-0.2, 0) is 19.1 Å². The molecule has 0 atom stereocenters. The van der Waals surface area contributed by atoms with Gasteiger partial charge in [-0.3, -0.25) is 0 Å². The van der Waals surface area contributed by atoms with Gasteiger partial charge in [-0.15, -0.1) is 0 Å². The van der Waals surface area contributed by atoms with Gasteiger partial charge in [0.15, 0.2) is 11.5 Å². The molecule has 0 saturated heterocycles. The fourth-order valence-electron chi connectivity index (χ4n) is 2.92. The van der Waals surface area contributed by atoms with Crippen LogP contribution in [0.25, 0.3) is 0 Å². The number of hydrogen-bond donors (Lipinski definition) is 0. The van der Waals surface area contributed by atoms with Crippen LogP contribution >= 0.6 is 0 Å². The third-order valence-electron chi connectivity index (χ3n) is 4.92. The minimum atomic E-state index is -0.672. The normalized spacial score (nSPS) is 9.93. The summed E-state index contributed by atoms with van der Waals surface area (Å²) in [5, 5.41) is 0. The summed E-state index contributed by atoms with van der Waals surface area (Å²) in [7, 11) is 1.37. The predicted molar refractivity (Wildman–Crippen MR) is 139 cm³/mol. The van der Waals surface area contributed by atoms with E-state index in [2.05, 4.69) is 13.2 Å². The molecule has 0 fully saturated rings. The molecule has 0 aromatic heterocycles. The third-order valence-corrected chi connectivity index (χ3v) is 4.92. The van der Waals surface area contributed by atoms with E-state index in [0.717, 1.165) is 12.2 Å². The summed E-state index contributed by atoms with van der Waals surface area (Å²) in [4.78, 5) is 47.2. The Morgan fingerprint density at radius 1 is 0.625 bits per heavy atom. The quantitative estimate of drug-likeness (QED) is 0.131. The van der Waals surface area contributed by atoms with E-state index >= 15 is 0 Å². The van der Waals surface area contributed by atoms with Crippen LogP contribution in [0.5, 0.6) is 28.7 Å². The highest BCUT2D eigenvalue weighted by Gasteiger charge is 2.16. The predicted octanol–water partition coefficient (Wildman–Crippen LogP) is 4.26. The van der Waals surface area contributed by atoms with Crippen molar-refractivity contribution in [2.75, 3.05) is 20.7 Å². The molecule has 11 nitrogen and oxygen atoms in total. The van der Waals surface area contributed by atoms with Crippen LogP contribution in [-0.4, -0.2) is 44.6 Å². The lowest BCUT2D eigenvalue weighted by Gasteiger charge is -2.12. The van der Waals surface area contributed by atoms with Gasteiger partial charge in [-0.1, -0.05) is 13.2 Å². The molecule has 3 rings (SSSR count). The molecule has 0 saturated carbocycles. The summed E-state index contributed by atoms with van der Waals surface area (Å²) in [6.07, 6.45) is 2.02. The first-order chi connectivity index (χ1) is 19.3. The average Bonchev–Trinajstić information content (AvgIpc) is 2.98. The molecule has 0 heterocycles. The number of hydrogen-bond acceptors (Lipinski definition) is 11. The van der Waals surface area contributed by atoms with Crippen LogP contribution in [0.2, 0.25) is 0 Å². The molecule has 40 heavy (non-hydrogen) atoms. The molecule has 0 spiro atoms. The number of rotatable bonds is 13. The highest BCUT2D eigenvalue weighted by atomic mass is 16.7. The number of methoxy groups -OCH3 is 1. The second-order valence-electron chi connectivity index (χ2n) is 7.50. The Morgan fingerprint density at radius 2 is 1.07 bits per heavy atom.